The number of piperazine rings is 1. The maximum absolute atomic E-state index is 12.2. The topological polar surface area (TPSA) is 41.6 Å². The summed E-state index contributed by atoms with van der Waals surface area (Å²) in [5, 5.41) is 3.30. The second-order valence-corrected chi connectivity index (χ2v) is 4.47. The highest BCUT2D eigenvalue weighted by Crippen LogP contribution is 2.19. The summed E-state index contributed by atoms with van der Waals surface area (Å²) in [6.45, 7) is 6.32. The van der Waals surface area contributed by atoms with Crippen LogP contribution in [0.1, 0.15) is 19.8 Å². The zero-order chi connectivity index (χ0) is 10.7. The molecule has 86 valence electrons. The van der Waals surface area contributed by atoms with Crippen molar-refractivity contribution in [2.45, 2.75) is 25.8 Å². The van der Waals surface area contributed by atoms with Gasteiger partial charge in [-0.2, -0.15) is 0 Å². The van der Waals surface area contributed by atoms with Crippen molar-refractivity contribution < 1.29 is 9.53 Å². The number of amides is 1. The first-order valence-corrected chi connectivity index (χ1v) is 5.88. The van der Waals surface area contributed by atoms with Crippen LogP contribution in [0.15, 0.2) is 0 Å². The number of nitrogens with zero attached hydrogens (tertiary/aromatic N) is 1. The predicted octanol–water partition coefficient (Wildman–Crippen LogP) is 0.233. The number of rotatable bonds is 1. The molecule has 0 saturated carbocycles. The summed E-state index contributed by atoms with van der Waals surface area (Å²) in [5.74, 6) is 0.548. The van der Waals surface area contributed by atoms with Gasteiger partial charge >= 0.3 is 0 Å². The van der Waals surface area contributed by atoms with Crippen LogP contribution in [0.2, 0.25) is 0 Å². The minimum Gasteiger partial charge on any atom is -0.381 e. The Balaban J connectivity index is 1.92. The van der Waals surface area contributed by atoms with E-state index in [1.54, 1.807) is 0 Å². The van der Waals surface area contributed by atoms with Gasteiger partial charge in [0.15, 0.2) is 0 Å². The van der Waals surface area contributed by atoms with Gasteiger partial charge in [-0.05, 0) is 19.8 Å². The zero-order valence-corrected chi connectivity index (χ0v) is 9.37. The van der Waals surface area contributed by atoms with Crippen molar-refractivity contribution >= 4 is 5.91 Å². The number of carbonyl (C=O) groups excluding carboxylic acids is 1. The van der Waals surface area contributed by atoms with E-state index in [2.05, 4.69) is 12.2 Å². The minimum absolute atomic E-state index is 0.208. The highest BCUT2D eigenvalue weighted by molar-refractivity contribution is 5.79. The molecule has 0 spiro atoms. The van der Waals surface area contributed by atoms with Crippen LogP contribution in [0.5, 0.6) is 0 Å². The summed E-state index contributed by atoms with van der Waals surface area (Å²) >= 11 is 0. The largest absolute Gasteiger partial charge is 0.381 e. The summed E-state index contributed by atoms with van der Waals surface area (Å²) in [7, 11) is 0. The fourth-order valence-corrected chi connectivity index (χ4v) is 2.35. The molecule has 4 heteroatoms. The Kier molecular flexibility index (Phi) is 3.59. The van der Waals surface area contributed by atoms with E-state index in [-0.39, 0.29) is 5.92 Å². The van der Waals surface area contributed by atoms with Crippen LogP contribution in [0, 0.1) is 5.92 Å². The van der Waals surface area contributed by atoms with Crippen molar-refractivity contribution in [3.63, 3.8) is 0 Å². The van der Waals surface area contributed by atoms with Gasteiger partial charge in [-0.15, -0.1) is 0 Å². The highest BCUT2D eigenvalue weighted by Gasteiger charge is 2.30. The van der Waals surface area contributed by atoms with Crippen LogP contribution in [0.3, 0.4) is 0 Å². The molecule has 1 N–H and O–H groups in total. The van der Waals surface area contributed by atoms with Gasteiger partial charge in [-0.3, -0.25) is 4.79 Å². The number of carbonyl (C=O) groups is 1. The number of nitrogens with one attached hydrogen (secondary N) is 1. The summed E-state index contributed by atoms with van der Waals surface area (Å²) in [4.78, 5) is 14.2. The summed E-state index contributed by atoms with van der Waals surface area (Å²) < 4.78 is 5.28. The maximum atomic E-state index is 12.2. The number of hydrogen-bond acceptors (Lipinski definition) is 3. The Morgan fingerprint density at radius 3 is 2.80 bits per heavy atom. The monoisotopic (exact) mass is 212 g/mol. The molecule has 1 unspecified atom stereocenters. The standard InChI is InChI=1S/C11H20N2O2/c1-9-8-12-4-5-13(9)11(14)10-2-6-15-7-3-10/h9-10,12H,2-8H2,1H3. The molecule has 2 aliphatic heterocycles. The minimum atomic E-state index is 0.208. The van der Waals surface area contributed by atoms with E-state index >= 15 is 0 Å². The third-order valence-corrected chi connectivity index (χ3v) is 3.35. The fraction of sp³-hybridized carbons (Fsp3) is 0.909. The number of ether oxygens (including phenoxy) is 1. The molecule has 0 aromatic heterocycles. The zero-order valence-electron chi connectivity index (χ0n) is 9.37. The smallest absolute Gasteiger partial charge is 0.226 e. The maximum Gasteiger partial charge on any atom is 0.226 e. The lowest BCUT2D eigenvalue weighted by atomic mass is 9.97. The molecule has 2 rings (SSSR count). The first-order chi connectivity index (χ1) is 7.29. The van der Waals surface area contributed by atoms with Crippen LogP contribution < -0.4 is 5.32 Å². The van der Waals surface area contributed by atoms with Gasteiger partial charge in [0.2, 0.25) is 5.91 Å². The second kappa shape index (κ2) is 4.94. The van der Waals surface area contributed by atoms with Gasteiger partial charge in [0.1, 0.15) is 0 Å². The van der Waals surface area contributed by atoms with E-state index in [1.165, 1.54) is 0 Å². The van der Waals surface area contributed by atoms with E-state index in [4.69, 9.17) is 4.74 Å². The van der Waals surface area contributed by atoms with Gasteiger partial charge in [-0.1, -0.05) is 0 Å². The van der Waals surface area contributed by atoms with Crippen LogP contribution in [-0.2, 0) is 9.53 Å². The molecule has 0 radical (unpaired) electrons. The third-order valence-electron chi connectivity index (χ3n) is 3.35. The molecule has 2 heterocycles. The van der Waals surface area contributed by atoms with Gasteiger partial charge in [0.25, 0.3) is 0 Å². The van der Waals surface area contributed by atoms with E-state index < -0.39 is 0 Å². The van der Waals surface area contributed by atoms with Gasteiger partial charge < -0.3 is 15.0 Å². The SMILES string of the molecule is CC1CNCCN1C(=O)C1CCOCC1. The third kappa shape index (κ3) is 2.49. The molecule has 4 nitrogen and oxygen atoms in total. The predicted molar refractivity (Wildman–Crippen MR) is 57.6 cm³/mol. The van der Waals surface area contributed by atoms with E-state index in [1.807, 2.05) is 4.90 Å². The molecule has 0 aromatic rings. The van der Waals surface area contributed by atoms with Gasteiger partial charge in [0.05, 0.1) is 0 Å². The van der Waals surface area contributed by atoms with Crippen molar-refractivity contribution in [1.29, 1.82) is 0 Å². The van der Waals surface area contributed by atoms with Crippen molar-refractivity contribution in [3.05, 3.63) is 0 Å². The molecule has 2 fully saturated rings. The second-order valence-electron chi connectivity index (χ2n) is 4.47. The quantitative estimate of drug-likeness (QED) is 0.676. The lowest BCUT2D eigenvalue weighted by Gasteiger charge is -2.37. The molecule has 2 saturated heterocycles. The Morgan fingerprint density at radius 2 is 2.13 bits per heavy atom. The Labute approximate surface area is 91.0 Å². The van der Waals surface area contributed by atoms with Crippen molar-refractivity contribution in [2.24, 2.45) is 5.92 Å². The van der Waals surface area contributed by atoms with E-state index in [0.717, 1.165) is 45.7 Å². The molecule has 2 aliphatic rings. The summed E-state index contributed by atoms with van der Waals surface area (Å²) in [6, 6.07) is 0.342. The van der Waals surface area contributed by atoms with Crippen LogP contribution >= 0.6 is 0 Å². The molecule has 0 bridgehead atoms. The van der Waals surface area contributed by atoms with Crippen molar-refractivity contribution in [3.8, 4) is 0 Å². The van der Waals surface area contributed by atoms with Crippen molar-refractivity contribution in [2.75, 3.05) is 32.8 Å². The van der Waals surface area contributed by atoms with Crippen LogP contribution in [-0.4, -0.2) is 49.7 Å². The molecule has 0 aliphatic carbocycles. The summed E-state index contributed by atoms with van der Waals surface area (Å²) in [6.07, 6.45) is 1.80. The lowest BCUT2D eigenvalue weighted by Crippen LogP contribution is -2.54. The van der Waals surface area contributed by atoms with Crippen LogP contribution in [0.25, 0.3) is 0 Å². The van der Waals surface area contributed by atoms with Crippen LogP contribution in [0.4, 0.5) is 0 Å². The van der Waals surface area contributed by atoms with Gasteiger partial charge in [-0.25, -0.2) is 0 Å². The molecule has 15 heavy (non-hydrogen) atoms. The highest BCUT2D eigenvalue weighted by atomic mass is 16.5. The normalized spacial score (nSPS) is 29.1. The summed E-state index contributed by atoms with van der Waals surface area (Å²) in [5.41, 5.74) is 0. The molecular weight excluding hydrogens is 192 g/mol. The van der Waals surface area contributed by atoms with E-state index in [0.29, 0.717) is 11.9 Å². The average Bonchev–Trinajstić information content (AvgIpc) is 2.30. The molecule has 1 atom stereocenters. The molecule has 0 aromatic carbocycles. The Morgan fingerprint density at radius 1 is 1.40 bits per heavy atom. The Bertz CT molecular complexity index is 227. The van der Waals surface area contributed by atoms with E-state index in [9.17, 15) is 4.79 Å². The number of hydrogen-bond donors (Lipinski definition) is 1. The fourth-order valence-electron chi connectivity index (χ4n) is 2.35. The lowest BCUT2D eigenvalue weighted by molar-refractivity contribution is -0.141. The first kappa shape index (κ1) is 10.9. The Hall–Kier alpha value is -0.610. The first-order valence-electron chi connectivity index (χ1n) is 5.88. The molecule has 1 amide bonds. The average molecular weight is 212 g/mol. The van der Waals surface area contributed by atoms with Gasteiger partial charge in [0, 0.05) is 44.8 Å². The molecular formula is C11H20N2O2. The van der Waals surface area contributed by atoms with Crippen molar-refractivity contribution in [1.82, 2.24) is 10.2 Å².